The van der Waals surface area contributed by atoms with Crippen molar-refractivity contribution in [3.63, 3.8) is 0 Å². The van der Waals surface area contributed by atoms with Crippen LogP contribution in [0.3, 0.4) is 0 Å². The Morgan fingerprint density at radius 2 is 1.95 bits per heavy atom. The molecule has 2 rings (SSSR count). The number of hydrogen-bond donors (Lipinski definition) is 1. The van der Waals surface area contributed by atoms with Crippen molar-refractivity contribution < 1.29 is 9.32 Å². The Labute approximate surface area is 135 Å². The Balaban J connectivity index is 1.98. The first-order chi connectivity index (χ1) is 10.5. The molecule has 0 aliphatic heterocycles. The number of halogens is 1. The highest BCUT2D eigenvalue weighted by molar-refractivity contribution is 6.30. The lowest BCUT2D eigenvalue weighted by Crippen LogP contribution is -2.27. The molecule has 1 heterocycles. The normalized spacial score (nSPS) is 12.4. The number of nitrogens with one attached hydrogen (secondary N) is 1. The molecule has 1 N–H and O–H groups in total. The largest absolute Gasteiger partial charge is 0.346 e. The van der Waals surface area contributed by atoms with Crippen LogP contribution in [0.1, 0.15) is 45.5 Å². The zero-order valence-electron chi connectivity index (χ0n) is 13.0. The topological polar surface area (TPSA) is 68.0 Å². The summed E-state index contributed by atoms with van der Waals surface area (Å²) in [5.41, 5.74) is 0.793. The minimum Gasteiger partial charge on any atom is -0.346 e. The minimum atomic E-state index is -0.288. The first kappa shape index (κ1) is 16.5. The van der Waals surface area contributed by atoms with E-state index in [1.807, 2.05) is 19.1 Å². The summed E-state index contributed by atoms with van der Waals surface area (Å²) in [5.74, 6) is 1.37. The van der Waals surface area contributed by atoms with E-state index < -0.39 is 0 Å². The minimum absolute atomic E-state index is 0.000886. The molecule has 0 saturated heterocycles. The highest BCUT2D eigenvalue weighted by Gasteiger charge is 2.17. The van der Waals surface area contributed by atoms with Gasteiger partial charge in [-0.25, -0.2) is 0 Å². The monoisotopic (exact) mass is 321 g/mol. The molecule has 2 aromatic rings. The molecule has 0 aliphatic carbocycles. The maximum absolute atomic E-state index is 11.8. The molecule has 0 fully saturated rings. The van der Waals surface area contributed by atoms with Crippen molar-refractivity contribution in [3.8, 4) is 11.5 Å². The van der Waals surface area contributed by atoms with E-state index in [1.165, 1.54) is 0 Å². The molecule has 0 aliphatic rings. The third-order valence-corrected chi connectivity index (χ3v) is 3.50. The molecule has 0 spiro atoms. The summed E-state index contributed by atoms with van der Waals surface area (Å²) in [7, 11) is 0. The van der Waals surface area contributed by atoms with E-state index in [-0.39, 0.29) is 11.9 Å². The number of aromatic nitrogens is 2. The lowest BCUT2D eigenvalue weighted by molar-refractivity contribution is -0.122. The first-order valence-electron chi connectivity index (χ1n) is 7.34. The molecule has 22 heavy (non-hydrogen) atoms. The van der Waals surface area contributed by atoms with Crippen molar-refractivity contribution in [3.05, 3.63) is 35.1 Å². The molecule has 5 nitrogen and oxygen atoms in total. The van der Waals surface area contributed by atoms with Gasteiger partial charge in [-0.2, -0.15) is 4.98 Å². The van der Waals surface area contributed by atoms with Crippen LogP contribution in [0.2, 0.25) is 5.02 Å². The van der Waals surface area contributed by atoms with Gasteiger partial charge in [0.05, 0.1) is 6.04 Å². The smallest absolute Gasteiger partial charge is 0.257 e. The molecule has 0 saturated carbocycles. The van der Waals surface area contributed by atoms with Gasteiger partial charge in [0.15, 0.2) is 5.82 Å². The third kappa shape index (κ3) is 4.56. The van der Waals surface area contributed by atoms with Crippen LogP contribution in [-0.4, -0.2) is 16.0 Å². The van der Waals surface area contributed by atoms with Gasteiger partial charge in [0.2, 0.25) is 5.91 Å². The number of carbonyl (C=O) groups excluding carboxylic acids is 1. The fourth-order valence-electron chi connectivity index (χ4n) is 1.92. The third-order valence-electron chi connectivity index (χ3n) is 3.25. The Hall–Kier alpha value is -1.88. The Kier molecular flexibility index (Phi) is 5.55. The van der Waals surface area contributed by atoms with Gasteiger partial charge < -0.3 is 9.84 Å². The molecule has 118 valence electrons. The van der Waals surface area contributed by atoms with Gasteiger partial charge >= 0.3 is 0 Å². The molecule has 6 heteroatoms. The number of nitrogens with zero attached hydrogens (tertiary/aromatic N) is 2. The average molecular weight is 322 g/mol. The van der Waals surface area contributed by atoms with Crippen LogP contribution in [0.15, 0.2) is 28.8 Å². The summed E-state index contributed by atoms with van der Waals surface area (Å²) in [6, 6.07) is 6.86. The van der Waals surface area contributed by atoms with Gasteiger partial charge in [0.25, 0.3) is 5.89 Å². The predicted octanol–water partition coefficient (Wildman–Crippen LogP) is 4.00. The van der Waals surface area contributed by atoms with Gasteiger partial charge in [-0.05, 0) is 43.5 Å². The van der Waals surface area contributed by atoms with Gasteiger partial charge in [-0.15, -0.1) is 0 Å². The van der Waals surface area contributed by atoms with Crippen molar-refractivity contribution in [1.82, 2.24) is 15.5 Å². The summed E-state index contributed by atoms with van der Waals surface area (Å²) < 4.78 is 5.24. The van der Waals surface area contributed by atoms with E-state index in [9.17, 15) is 4.79 Å². The zero-order chi connectivity index (χ0) is 16.1. The number of carbonyl (C=O) groups is 1. The second kappa shape index (κ2) is 7.40. The maximum Gasteiger partial charge on any atom is 0.257 e. The van der Waals surface area contributed by atoms with E-state index in [2.05, 4.69) is 29.3 Å². The number of amides is 1. The Morgan fingerprint density at radius 1 is 1.27 bits per heavy atom. The molecule has 1 aromatic heterocycles. The molecule has 0 bridgehead atoms. The van der Waals surface area contributed by atoms with Crippen molar-refractivity contribution in [2.75, 3.05) is 0 Å². The summed E-state index contributed by atoms with van der Waals surface area (Å²) in [6.07, 6.45) is 1.37. The first-order valence-corrected chi connectivity index (χ1v) is 7.72. The SMILES string of the molecule is CC(C)CCC(=O)N[C@H](C)c1noc(-c2ccc(Cl)cc2)n1. The second-order valence-electron chi connectivity index (χ2n) is 5.69. The van der Waals surface area contributed by atoms with Crippen molar-refractivity contribution in [1.29, 1.82) is 0 Å². The highest BCUT2D eigenvalue weighted by atomic mass is 35.5. The van der Waals surface area contributed by atoms with Gasteiger partial charge in [0, 0.05) is 17.0 Å². The quantitative estimate of drug-likeness (QED) is 0.873. The molecular formula is C16H20ClN3O2. The maximum atomic E-state index is 11.8. The van der Waals surface area contributed by atoms with Crippen LogP contribution >= 0.6 is 11.6 Å². The van der Waals surface area contributed by atoms with Gasteiger partial charge in [-0.1, -0.05) is 30.6 Å². The standard InChI is InChI=1S/C16H20ClN3O2/c1-10(2)4-9-14(21)18-11(3)15-19-16(22-20-15)12-5-7-13(17)8-6-12/h5-8,10-11H,4,9H2,1-3H3,(H,18,21)/t11-/m1/s1. The van der Waals surface area contributed by atoms with Crippen LogP contribution in [0.4, 0.5) is 0 Å². The predicted molar refractivity (Wildman–Crippen MR) is 85.4 cm³/mol. The van der Waals surface area contributed by atoms with Crippen molar-refractivity contribution in [2.24, 2.45) is 5.92 Å². The number of rotatable bonds is 6. The van der Waals surface area contributed by atoms with E-state index in [1.54, 1.807) is 12.1 Å². The molecule has 1 atom stereocenters. The molecular weight excluding hydrogens is 302 g/mol. The lowest BCUT2D eigenvalue weighted by atomic mass is 10.1. The summed E-state index contributed by atoms with van der Waals surface area (Å²) in [4.78, 5) is 16.2. The van der Waals surface area contributed by atoms with E-state index in [0.717, 1.165) is 12.0 Å². The van der Waals surface area contributed by atoms with Crippen LogP contribution in [0.5, 0.6) is 0 Å². The van der Waals surface area contributed by atoms with Crippen LogP contribution in [0, 0.1) is 5.92 Å². The van der Waals surface area contributed by atoms with Crippen molar-refractivity contribution >= 4 is 17.5 Å². The van der Waals surface area contributed by atoms with Crippen LogP contribution < -0.4 is 5.32 Å². The summed E-state index contributed by atoms with van der Waals surface area (Å²) >= 11 is 5.85. The fraction of sp³-hybridized carbons (Fsp3) is 0.438. The molecule has 1 amide bonds. The highest BCUT2D eigenvalue weighted by Crippen LogP contribution is 2.21. The van der Waals surface area contributed by atoms with Gasteiger partial charge in [-0.3, -0.25) is 4.79 Å². The zero-order valence-corrected chi connectivity index (χ0v) is 13.7. The van der Waals surface area contributed by atoms with Crippen LogP contribution in [0.25, 0.3) is 11.5 Å². The lowest BCUT2D eigenvalue weighted by Gasteiger charge is -2.10. The fourth-order valence-corrected chi connectivity index (χ4v) is 2.04. The molecule has 1 aromatic carbocycles. The summed E-state index contributed by atoms with van der Waals surface area (Å²) in [5, 5.41) is 7.46. The average Bonchev–Trinajstić information content (AvgIpc) is 2.96. The van der Waals surface area contributed by atoms with E-state index in [4.69, 9.17) is 16.1 Å². The number of benzene rings is 1. The van der Waals surface area contributed by atoms with E-state index >= 15 is 0 Å². The summed E-state index contributed by atoms with van der Waals surface area (Å²) in [6.45, 7) is 6.02. The van der Waals surface area contributed by atoms with Crippen LogP contribution in [-0.2, 0) is 4.79 Å². The molecule has 0 radical (unpaired) electrons. The second-order valence-corrected chi connectivity index (χ2v) is 6.12. The Morgan fingerprint density at radius 3 is 2.59 bits per heavy atom. The van der Waals surface area contributed by atoms with Gasteiger partial charge in [0.1, 0.15) is 0 Å². The number of hydrogen-bond acceptors (Lipinski definition) is 4. The molecule has 0 unspecified atom stereocenters. The van der Waals surface area contributed by atoms with E-state index in [0.29, 0.717) is 29.1 Å². The Bertz CT molecular complexity index is 623. The van der Waals surface area contributed by atoms with Crippen molar-refractivity contribution in [2.45, 2.75) is 39.7 Å².